The third-order valence-corrected chi connectivity index (χ3v) is 4.21. The maximum Gasteiger partial charge on any atom is 0.342 e. The fourth-order valence-electron chi connectivity index (χ4n) is 2.41. The van der Waals surface area contributed by atoms with Crippen LogP contribution in [-0.2, 0) is 9.53 Å². The Morgan fingerprint density at radius 3 is 2.56 bits per heavy atom. The average molecular weight is 346 g/mol. The summed E-state index contributed by atoms with van der Waals surface area (Å²) in [7, 11) is 0. The SMILES string of the molecule is C[C@@H]1OC(=O)c2c(O)cccc2/C=C/C[C@H](O)[C@H](O)C(=O)/C=C\[C@@H]1C. The number of phenols is 1. The molecule has 1 heterocycles. The van der Waals surface area contributed by atoms with Gasteiger partial charge in [0, 0.05) is 5.92 Å². The summed E-state index contributed by atoms with van der Waals surface area (Å²) in [6, 6.07) is 4.60. The average Bonchev–Trinajstić information content (AvgIpc) is 2.57. The third kappa shape index (κ3) is 4.55. The molecule has 1 aliphatic rings. The quantitative estimate of drug-likeness (QED) is 0.619. The smallest absolute Gasteiger partial charge is 0.342 e. The molecule has 0 fully saturated rings. The molecular weight excluding hydrogens is 324 g/mol. The van der Waals surface area contributed by atoms with E-state index >= 15 is 0 Å². The Bertz CT molecular complexity index is 706. The first-order valence-electron chi connectivity index (χ1n) is 8.09. The van der Waals surface area contributed by atoms with Gasteiger partial charge < -0.3 is 20.1 Å². The number of fused-ring (bicyclic) bond motifs is 1. The minimum Gasteiger partial charge on any atom is -0.507 e. The highest BCUT2D eigenvalue weighted by Gasteiger charge is 2.24. The van der Waals surface area contributed by atoms with Gasteiger partial charge in [-0.1, -0.05) is 37.3 Å². The summed E-state index contributed by atoms with van der Waals surface area (Å²) in [5, 5.41) is 29.8. The summed E-state index contributed by atoms with van der Waals surface area (Å²) in [6.07, 6.45) is 2.41. The van der Waals surface area contributed by atoms with E-state index in [-0.39, 0.29) is 23.7 Å². The molecule has 1 aliphatic heterocycles. The van der Waals surface area contributed by atoms with Gasteiger partial charge in [0.15, 0.2) is 5.78 Å². The fraction of sp³-hybridized carbons (Fsp3) is 0.368. The first-order chi connectivity index (χ1) is 11.8. The van der Waals surface area contributed by atoms with Crippen molar-refractivity contribution in [3.8, 4) is 5.75 Å². The van der Waals surface area contributed by atoms with E-state index < -0.39 is 30.1 Å². The topological polar surface area (TPSA) is 104 Å². The van der Waals surface area contributed by atoms with Gasteiger partial charge in [-0.3, -0.25) is 4.79 Å². The zero-order chi connectivity index (χ0) is 18.6. The third-order valence-electron chi connectivity index (χ3n) is 4.21. The summed E-state index contributed by atoms with van der Waals surface area (Å²) in [5.41, 5.74) is 0.454. The normalized spacial score (nSPS) is 30.7. The van der Waals surface area contributed by atoms with Gasteiger partial charge >= 0.3 is 5.97 Å². The number of aliphatic hydroxyl groups excluding tert-OH is 2. The van der Waals surface area contributed by atoms with Crippen LogP contribution in [0.5, 0.6) is 5.75 Å². The predicted octanol–water partition coefficient (Wildman–Crippen LogP) is 1.84. The molecule has 0 aromatic heterocycles. The van der Waals surface area contributed by atoms with Crippen molar-refractivity contribution >= 4 is 17.8 Å². The summed E-state index contributed by atoms with van der Waals surface area (Å²) in [6.45, 7) is 3.42. The van der Waals surface area contributed by atoms with Crippen molar-refractivity contribution in [3.05, 3.63) is 47.6 Å². The van der Waals surface area contributed by atoms with Crippen LogP contribution in [0.25, 0.3) is 6.08 Å². The monoisotopic (exact) mass is 346 g/mol. The van der Waals surface area contributed by atoms with Crippen LogP contribution in [0, 0.1) is 5.92 Å². The Morgan fingerprint density at radius 1 is 1.12 bits per heavy atom. The second-order valence-corrected chi connectivity index (χ2v) is 6.12. The molecule has 25 heavy (non-hydrogen) atoms. The molecule has 6 nitrogen and oxygen atoms in total. The van der Waals surface area contributed by atoms with E-state index in [0.29, 0.717) is 5.56 Å². The summed E-state index contributed by atoms with van der Waals surface area (Å²) in [5.74, 6) is -1.79. The van der Waals surface area contributed by atoms with E-state index in [2.05, 4.69) is 0 Å². The van der Waals surface area contributed by atoms with E-state index in [0.717, 1.165) is 0 Å². The van der Waals surface area contributed by atoms with Crippen LogP contribution >= 0.6 is 0 Å². The molecule has 0 spiro atoms. The number of cyclic esters (lactones) is 1. The number of esters is 1. The molecule has 0 saturated heterocycles. The lowest BCUT2D eigenvalue weighted by atomic mass is 10.00. The molecule has 0 unspecified atom stereocenters. The molecule has 0 aliphatic carbocycles. The Labute approximate surface area is 146 Å². The largest absolute Gasteiger partial charge is 0.507 e. The van der Waals surface area contributed by atoms with E-state index in [1.54, 1.807) is 26.0 Å². The Hall–Kier alpha value is -2.44. The van der Waals surface area contributed by atoms with Gasteiger partial charge in [0.25, 0.3) is 0 Å². The number of aliphatic hydroxyl groups is 2. The standard InChI is InChI=1S/C19H22O6/c1-11-9-10-16(22)18(23)15(21)8-4-6-13-5-3-7-14(20)17(13)19(24)25-12(11)2/h3-7,9-12,15,18,20-21,23H,8H2,1-2H3/b6-4+,10-9-/t11-,12-,15-,18-/m0/s1. The molecule has 1 aromatic carbocycles. The number of benzene rings is 1. The fourth-order valence-corrected chi connectivity index (χ4v) is 2.41. The van der Waals surface area contributed by atoms with Gasteiger partial charge in [-0.2, -0.15) is 0 Å². The molecule has 3 N–H and O–H groups in total. The first kappa shape index (κ1) is 18.9. The number of phenolic OH excluding ortho intramolecular Hbond substituents is 1. The lowest BCUT2D eigenvalue weighted by Gasteiger charge is -2.19. The maximum atomic E-state index is 12.4. The van der Waals surface area contributed by atoms with Crippen molar-refractivity contribution in [1.29, 1.82) is 0 Å². The Balaban J connectivity index is 2.43. The summed E-state index contributed by atoms with van der Waals surface area (Å²) in [4.78, 5) is 24.3. The predicted molar refractivity (Wildman–Crippen MR) is 92.0 cm³/mol. The second-order valence-electron chi connectivity index (χ2n) is 6.12. The molecule has 0 radical (unpaired) electrons. The zero-order valence-corrected chi connectivity index (χ0v) is 14.1. The van der Waals surface area contributed by atoms with Crippen molar-refractivity contribution in [1.82, 2.24) is 0 Å². The molecule has 6 heteroatoms. The van der Waals surface area contributed by atoms with Gasteiger partial charge in [-0.25, -0.2) is 4.79 Å². The van der Waals surface area contributed by atoms with Gasteiger partial charge in [-0.05, 0) is 31.1 Å². The molecule has 2 rings (SSSR count). The number of ketones is 1. The molecule has 4 atom stereocenters. The molecule has 0 amide bonds. The van der Waals surface area contributed by atoms with Crippen LogP contribution in [0.15, 0.2) is 36.4 Å². The van der Waals surface area contributed by atoms with Crippen LogP contribution in [0.3, 0.4) is 0 Å². The molecular formula is C19H22O6. The Morgan fingerprint density at radius 2 is 1.84 bits per heavy atom. The minimum atomic E-state index is -1.53. The van der Waals surface area contributed by atoms with Gasteiger partial charge in [0.2, 0.25) is 0 Å². The van der Waals surface area contributed by atoms with E-state index in [1.165, 1.54) is 30.4 Å². The molecule has 0 saturated carbocycles. The Kier molecular flexibility index (Phi) is 6.12. The molecule has 1 aromatic rings. The van der Waals surface area contributed by atoms with Crippen molar-refractivity contribution in [2.75, 3.05) is 0 Å². The maximum absolute atomic E-state index is 12.4. The van der Waals surface area contributed by atoms with Crippen LogP contribution < -0.4 is 0 Å². The van der Waals surface area contributed by atoms with Crippen molar-refractivity contribution in [3.63, 3.8) is 0 Å². The van der Waals surface area contributed by atoms with Crippen LogP contribution in [0.4, 0.5) is 0 Å². The van der Waals surface area contributed by atoms with Crippen molar-refractivity contribution in [2.45, 2.75) is 38.6 Å². The number of rotatable bonds is 0. The van der Waals surface area contributed by atoms with E-state index in [9.17, 15) is 24.9 Å². The number of aromatic hydroxyl groups is 1. The van der Waals surface area contributed by atoms with Crippen LogP contribution in [0.2, 0.25) is 0 Å². The van der Waals surface area contributed by atoms with E-state index in [4.69, 9.17) is 4.74 Å². The highest BCUT2D eigenvalue weighted by atomic mass is 16.5. The lowest BCUT2D eigenvalue weighted by Crippen LogP contribution is -2.32. The van der Waals surface area contributed by atoms with Crippen LogP contribution in [0.1, 0.15) is 36.2 Å². The van der Waals surface area contributed by atoms with Gasteiger partial charge in [0.05, 0.1) is 6.10 Å². The number of carbonyl (C=O) groups excluding carboxylic acids is 2. The van der Waals surface area contributed by atoms with Crippen LogP contribution in [-0.4, -0.2) is 45.4 Å². The highest BCUT2D eigenvalue weighted by molar-refractivity contribution is 5.97. The first-order valence-corrected chi connectivity index (χ1v) is 8.09. The lowest BCUT2D eigenvalue weighted by molar-refractivity contribution is -0.127. The molecule has 0 bridgehead atoms. The zero-order valence-electron chi connectivity index (χ0n) is 14.1. The minimum absolute atomic E-state index is 0.0108. The van der Waals surface area contributed by atoms with Gasteiger partial charge in [-0.15, -0.1) is 0 Å². The number of hydrogen-bond acceptors (Lipinski definition) is 6. The summed E-state index contributed by atoms with van der Waals surface area (Å²) >= 11 is 0. The molecule has 134 valence electrons. The van der Waals surface area contributed by atoms with E-state index in [1.807, 2.05) is 0 Å². The number of ether oxygens (including phenoxy) is 1. The van der Waals surface area contributed by atoms with Gasteiger partial charge in [0.1, 0.15) is 23.5 Å². The number of carbonyl (C=O) groups is 2. The van der Waals surface area contributed by atoms with Crippen molar-refractivity contribution < 1.29 is 29.6 Å². The summed E-state index contributed by atoms with van der Waals surface area (Å²) < 4.78 is 5.39. The second kappa shape index (κ2) is 8.09. The van der Waals surface area contributed by atoms with Crippen molar-refractivity contribution in [2.24, 2.45) is 5.92 Å². The highest BCUT2D eigenvalue weighted by Crippen LogP contribution is 2.25. The number of hydrogen-bond donors (Lipinski definition) is 3.